The van der Waals surface area contributed by atoms with E-state index < -0.39 is 0 Å². The van der Waals surface area contributed by atoms with Crippen LogP contribution in [-0.4, -0.2) is 85.9 Å². The molecule has 2 rings (SSSR count). The van der Waals surface area contributed by atoms with Crippen LogP contribution in [0.2, 0.25) is 0 Å². The van der Waals surface area contributed by atoms with E-state index in [0.29, 0.717) is 6.04 Å². The van der Waals surface area contributed by atoms with Crippen molar-refractivity contribution in [2.75, 3.05) is 59.0 Å². The molecule has 1 aliphatic heterocycles. The zero-order valence-corrected chi connectivity index (χ0v) is 18.0. The largest absolute Gasteiger partial charge is 0.396 e. The molecule has 2 fully saturated rings. The lowest BCUT2D eigenvalue weighted by Gasteiger charge is -2.38. The monoisotopic (exact) mass is 381 g/mol. The van der Waals surface area contributed by atoms with Crippen molar-refractivity contribution in [3.05, 3.63) is 0 Å². The van der Waals surface area contributed by atoms with Gasteiger partial charge in [0.15, 0.2) is 5.96 Å². The van der Waals surface area contributed by atoms with Crippen LogP contribution in [0.15, 0.2) is 4.99 Å². The number of aliphatic hydroxyl groups excluding tert-OH is 1. The van der Waals surface area contributed by atoms with E-state index in [0.717, 1.165) is 51.6 Å². The van der Waals surface area contributed by atoms with Crippen LogP contribution in [-0.2, 0) is 0 Å². The third-order valence-corrected chi connectivity index (χ3v) is 6.52. The second-order valence-electron chi connectivity index (χ2n) is 8.43. The summed E-state index contributed by atoms with van der Waals surface area (Å²) in [5.74, 6) is 0.930. The summed E-state index contributed by atoms with van der Waals surface area (Å²) in [5.41, 5.74) is 0.206. The van der Waals surface area contributed by atoms with Gasteiger partial charge in [0, 0.05) is 58.5 Å². The lowest BCUT2D eigenvalue weighted by molar-refractivity contribution is 0.107. The van der Waals surface area contributed by atoms with Crippen molar-refractivity contribution in [2.24, 2.45) is 10.4 Å². The second kappa shape index (κ2) is 11.9. The van der Waals surface area contributed by atoms with Crippen LogP contribution in [0.4, 0.5) is 0 Å². The van der Waals surface area contributed by atoms with Crippen LogP contribution in [0.5, 0.6) is 0 Å². The quantitative estimate of drug-likeness (QED) is 0.421. The fourth-order valence-electron chi connectivity index (χ4n) is 4.51. The van der Waals surface area contributed by atoms with Gasteiger partial charge in [0.25, 0.3) is 0 Å². The van der Waals surface area contributed by atoms with Gasteiger partial charge in [0.2, 0.25) is 0 Å². The van der Waals surface area contributed by atoms with Gasteiger partial charge in [-0.15, -0.1) is 0 Å². The number of nitrogens with one attached hydrogen (secondary N) is 2. The molecule has 1 aliphatic carbocycles. The first kappa shape index (κ1) is 22.4. The standard InChI is InChI=1S/C21H43N5O/c1-4-22-20(24-18-21(11-16-27)9-7-6-8-10-21)23-17-19(3)26-14-12-25(5-2)13-15-26/h19,27H,4-18H2,1-3H3,(H2,22,23,24). The number of hydrogen-bond donors (Lipinski definition) is 3. The molecule has 0 spiro atoms. The Bertz CT molecular complexity index is 423. The molecule has 0 bridgehead atoms. The van der Waals surface area contributed by atoms with Gasteiger partial charge < -0.3 is 20.6 Å². The van der Waals surface area contributed by atoms with Gasteiger partial charge in [-0.3, -0.25) is 9.89 Å². The number of rotatable bonds is 9. The molecule has 1 heterocycles. The van der Waals surface area contributed by atoms with Crippen LogP contribution < -0.4 is 10.6 Å². The number of piperazine rings is 1. The van der Waals surface area contributed by atoms with Crippen molar-refractivity contribution in [2.45, 2.75) is 65.3 Å². The van der Waals surface area contributed by atoms with E-state index in [1.165, 1.54) is 45.2 Å². The fourth-order valence-corrected chi connectivity index (χ4v) is 4.51. The maximum atomic E-state index is 9.52. The molecule has 1 atom stereocenters. The van der Waals surface area contributed by atoms with Gasteiger partial charge >= 0.3 is 0 Å². The summed E-state index contributed by atoms with van der Waals surface area (Å²) in [6.07, 6.45) is 7.18. The van der Waals surface area contributed by atoms with Crippen LogP contribution in [0.3, 0.4) is 0 Å². The van der Waals surface area contributed by atoms with Crippen molar-refractivity contribution in [1.29, 1.82) is 0 Å². The Morgan fingerprint density at radius 3 is 2.37 bits per heavy atom. The Labute approximate surface area is 166 Å². The Morgan fingerprint density at radius 2 is 1.78 bits per heavy atom. The minimum absolute atomic E-state index is 0.206. The normalized spacial score (nSPS) is 23.2. The van der Waals surface area contributed by atoms with Crippen LogP contribution in [0, 0.1) is 5.41 Å². The number of likely N-dealkylation sites (N-methyl/N-ethyl adjacent to an activating group) is 1. The second-order valence-corrected chi connectivity index (χ2v) is 8.43. The van der Waals surface area contributed by atoms with Crippen LogP contribution in [0.1, 0.15) is 59.3 Å². The molecule has 6 nitrogen and oxygen atoms in total. The Kier molecular flexibility index (Phi) is 9.87. The third-order valence-electron chi connectivity index (χ3n) is 6.52. The zero-order chi connectivity index (χ0) is 19.5. The summed E-state index contributed by atoms with van der Waals surface area (Å²) >= 11 is 0. The third kappa shape index (κ3) is 7.24. The molecule has 1 unspecified atom stereocenters. The molecular weight excluding hydrogens is 338 g/mol. The number of aliphatic imine (C=N–C) groups is 1. The molecule has 0 aromatic carbocycles. The van der Waals surface area contributed by atoms with Crippen LogP contribution >= 0.6 is 0 Å². The molecule has 0 amide bonds. The van der Waals surface area contributed by atoms with E-state index in [-0.39, 0.29) is 12.0 Å². The molecule has 158 valence electrons. The zero-order valence-electron chi connectivity index (χ0n) is 18.0. The lowest BCUT2D eigenvalue weighted by atomic mass is 9.72. The number of nitrogens with zero attached hydrogens (tertiary/aromatic N) is 3. The molecule has 1 saturated heterocycles. The Hall–Kier alpha value is -0.850. The molecule has 0 aromatic heterocycles. The minimum atomic E-state index is 0.206. The van der Waals surface area contributed by atoms with E-state index in [9.17, 15) is 5.11 Å². The van der Waals surface area contributed by atoms with Crippen LogP contribution in [0.25, 0.3) is 0 Å². The summed E-state index contributed by atoms with van der Waals surface area (Å²) in [5, 5.41) is 16.5. The highest BCUT2D eigenvalue weighted by Gasteiger charge is 2.31. The predicted octanol–water partition coefficient (Wildman–Crippen LogP) is 1.90. The van der Waals surface area contributed by atoms with E-state index in [2.05, 4.69) is 41.2 Å². The molecule has 6 heteroatoms. The molecule has 2 aliphatic rings. The molecule has 0 radical (unpaired) electrons. The van der Waals surface area contributed by atoms with Gasteiger partial charge in [-0.25, -0.2) is 0 Å². The highest BCUT2D eigenvalue weighted by atomic mass is 16.3. The first-order chi connectivity index (χ1) is 13.1. The van der Waals surface area contributed by atoms with E-state index in [1.54, 1.807) is 0 Å². The summed E-state index contributed by atoms with van der Waals surface area (Å²) in [4.78, 5) is 10.0. The fraction of sp³-hybridized carbons (Fsp3) is 0.952. The summed E-state index contributed by atoms with van der Waals surface area (Å²) in [6.45, 7) is 15.4. The van der Waals surface area contributed by atoms with Gasteiger partial charge in [-0.2, -0.15) is 0 Å². The van der Waals surface area contributed by atoms with Crippen molar-refractivity contribution in [3.8, 4) is 0 Å². The predicted molar refractivity (Wildman–Crippen MR) is 114 cm³/mol. The number of guanidine groups is 1. The lowest BCUT2D eigenvalue weighted by Crippen LogP contribution is -2.53. The highest BCUT2D eigenvalue weighted by molar-refractivity contribution is 5.79. The minimum Gasteiger partial charge on any atom is -0.396 e. The Balaban J connectivity index is 1.85. The van der Waals surface area contributed by atoms with E-state index >= 15 is 0 Å². The average Bonchev–Trinajstić information content (AvgIpc) is 2.71. The van der Waals surface area contributed by atoms with Gasteiger partial charge in [0.1, 0.15) is 0 Å². The molecule has 27 heavy (non-hydrogen) atoms. The highest BCUT2D eigenvalue weighted by Crippen LogP contribution is 2.39. The average molecular weight is 382 g/mol. The smallest absolute Gasteiger partial charge is 0.191 e. The van der Waals surface area contributed by atoms with Crippen molar-refractivity contribution in [1.82, 2.24) is 20.4 Å². The van der Waals surface area contributed by atoms with E-state index in [4.69, 9.17) is 4.99 Å². The van der Waals surface area contributed by atoms with Crippen molar-refractivity contribution >= 4 is 5.96 Å². The Morgan fingerprint density at radius 1 is 1.07 bits per heavy atom. The first-order valence-corrected chi connectivity index (χ1v) is 11.2. The van der Waals surface area contributed by atoms with E-state index in [1.807, 2.05) is 0 Å². The molecule has 1 saturated carbocycles. The summed E-state index contributed by atoms with van der Waals surface area (Å²) in [6, 6.07) is 0.508. The maximum absolute atomic E-state index is 9.52. The SMILES string of the molecule is CCNC(=NCC1(CCO)CCCCC1)NCC(C)N1CCN(CC)CC1. The topological polar surface area (TPSA) is 63.1 Å². The summed E-state index contributed by atoms with van der Waals surface area (Å²) < 4.78 is 0. The number of hydrogen-bond acceptors (Lipinski definition) is 4. The van der Waals surface area contributed by atoms with Gasteiger partial charge in [-0.05, 0) is 45.1 Å². The number of aliphatic hydroxyl groups is 1. The maximum Gasteiger partial charge on any atom is 0.191 e. The molecule has 0 aromatic rings. The van der Waals surface area contributed by atoms with Crippen molar-refractivity contribution in [3.63, 3.8) is 0 Å². The first-order valence-electron chi connectivity index (χ1n) is 11.2. The van der Waals surface area contributed by atoms with Gasteiger partial charge in [0.05, 0.1) is 0 Å². The molecule has 3 N–H and O–H groups in total. The van der Waals surface area contributed by atoms with Crippen molar-refractivity contribution < 1.29 is 5.11 Å². The summed E-state index contributed by atoms with van der Waals surface area (Å²) in [7, 11) is 0. The van der Waals surface area contributed by atoms with Gasteiger partial charge in [-0.1, -0.05) is 26.2 Å². The molecular formula is C21H43N5O.